The second-order valence-corrected chi connectivity index (χ2v) is 12.7. The van der Waals surface area contributed by atoms with E-state index in [1.54, 1.807) is 12.3 Å². The van der Waals surface area contributed by atoms with E-state index in [1.807, 2.05) is 6.07 Å². The van der Waals surface area contributed by atoms with Crippen LogP contribution in [0.2, 0.25) is 0 Å². The van der Waals surface area contributed by atoms with Crippen molar-refractivity contribution in [3.8, 4) is 11.3 Å². The molecule has 0 saturated carbocycles. The number of likely N-dealkylation sites (tertiary alicyclic amines) is 1. The maximum Gasteiger partial charge on any atom is 0.396 e. The third-order valence-corrected chi connectivity index (χ3v) is 9.47. The molecule has 2 atom stereocenters. The predicted molar refractivity (Wildman–Crippen MR) is 164 cm³/mol. The van der Waals surface area contributed by atoms with Crippen LogP contribution in [0.25, 0.3) is 16.9 Å². The Bertz CT molecular complexity index is 1720. The first-order valence-electron chi connectivity index (χ1n) is 15.7. The number of carbonyl (C=O) groups excluding carboxylic acids is 1. The van der Waals surface area contributed by atoms with Crippen LogP contribution in [0.3, 0.4) is 0 Å². The van der Waals surface area contributed by atoms with Crippen molar-refractivity contribution in [3.63, 3.8) is 0 Å². The van der Waals surface area contributed by atoms with Gasteiger partial charge in [0.2, 0.25) is 11.6 Å². The van der Waals surface area contributed by atoms with Crippen molar-refractivity contribution < 1.29 is 23.1 Å². The number of unbranched alkanes of at least 4 members (excludes halogenated alkanes) is 1. The molecule has 4 aromatic rings. The molecule has 8 nitrogen and oxygen atoms in total. The average molecular weight is 622 g/mol. The van der Waals surface area contributed by atoms with Gasteiger partial charge >= 0.3 is 6.18 Å². The van der Waals surface area contributed by atoms with Gasteiger partial charge in [-0.3, -0.25) is 14.2 Å². The van der Waals surface area contributed by atoms with Crippen molar-refractivity contribution >= 4 is 11.6 Å². The number of benzene rings is 2. The summed E-state index contributed by atoms with van der Waals surface area (Å²) in [6.07, 6.45) is 3.81. The van der Waals surface area contributed by atoms with Crippen LogP contribution < -0.4 is 5.56 Å². The van der Waals surface area contributed by atoms with Crippen LogP contribution in [0.1, 0.15) is 68.1 Å². The molecule has 2 aromatic carbocycles. The molecule has 0 bridgehead atoms. The van der Waals surface area contributed by atoms with Gasteiger partial charge in [-0.15, -0.1) is 0 Å². The van der Waals surface area contributed by atoms with Gasteiger partial charge < -0.3 is 10.0 Å². The molecule has 45 heavy (non-hydrogen) atoms. The summed E-state index contributed by atoms with van der Waals surface area (Å²) in [6, 6.07) is 13.8. The molecule has 1 N–H and O–H groups in total. The van der Waals surface area contributed by atoms with E-state index in [2.05, 4.69) is 29.1 Å². The fraction of sp³-hybridized carbons (Fsp3) is 0.471. The number of nitrogens with zero attached hydrogens (tertiary/aromatic N) is 5. The van der Waals surface area contributed by atoms with Crippen LogP contribution in [0.15, 0.2) is 65.8 Å². The zero-order valence-electron chi connectivity index (χ0n) is 25.3. The van der Waals surface area contributed by atoms with Crippen LogP contribution in [0, 0.1) is 5.92 Å². The Morgan fingerprint density at radius 2 is 1.82 bits per heavy atom. The minimum Gasteiger partial charge on any atom is -0.388 e. The Morgan fingerprint density at radius 3 is 2.53 bits per heavy atom. The molecule has 0 spiro atoms. The third-order valence-electron chi connectivity index (χ3n) is 9.47. The zero-order chi connectivity index (χ0) is 31.8. The van der Waals surface area contributed by atoms with Gasteiger partial charge in [-0.1, -0.05) is 62.2 Å². The Kier molecular flexibility index (Phi) is 8.56. The Hall–Kier alpha value is -3.99. The van der Waals surface area contributed by atoms with Crippen LogP contribution in [0.5, 0.6) is 0 Å². The number of aromatic nitrogens is 4. The van der Waals surface area contributed by atoms with Crippen molar-refractivity contribution in [2.24, 2.45) is 5.92 Å². The standard InChI is InChI=1S/C34H38F3N5O3/c1-2-3-7-23-16-25-10-11-26(18-27(25)17-23)29-20-38-31-32(44)41(22-39-42(29)31)21-33(45)12-14-40(15-13-33)30(43)19-28(34(35,36)37)24-8-5-4-6-9-24/h4-6,8-11,18,20,22-23,28,45H,2-3,7,12-17,19,21H2,1H3. The summed E-state index contributed by atoms with van der Waals surface area (Å²) in [6.45, 7) is 2.33. The number of hydrogen-bond acceptors (Lipinski definition) is 5. The summed E-state index contributed by atoms with van der Waals surface area (Å²) >= 11 is 0. The predicted octanol–water partition coefficient (Wildman–Crippen LogP) is 5.55. The van der Waals surface area contributed by atoms with Gasteiger partial charge in [0.25, 0.3) is 5.56 Å². The second-order valence-electron chi connectivity index (χ2n) is 12.7. The number of aliphatic hydroxyl groups is 1. The number of imidazole rings is 1. The molecule has 238 valence electrons. The van der Waals surface area contributed by atoms with Crippen molar-refractivity contribution in [2.45, 2.75) is 82.5 Å². The van der Waals surface area contributed by atoms with Gasteiger partial charge in [0.05, 0.1) is 30.0 Å². The number of hydrogen-bond donors (Lipinski definition) is 1. The molecule has 1 aliphatic heterocycles. The monoisotopic (exact) mass is 621 g/mol. The number of piperidine rings is 1. The molecule has 6 rings (SSSR count). The number of amides is 1. The van der Waals surface area contributed by atoms with E-state index in [9.17, 15) is 27.9 Å². The smallest absolute Gasteiger partial charge is 0.388 e. The molecular weight excluding hydrogens is 583 g/mol. The Morgan fingerprint density at radius 1 is 1.09 bits per heavy atom. The average Bonchev–Trinajstić information content (AvgIpc) is 3.64. The maximum absolute atomic E-state index is 13.8. The molecule has 11 heteroatoms. The van der Waals surface area contributed by atoms with Crippen molar-refractivity contribution in [1.29, 1.82) is 0 Å². The highest BCUT2D eigenvalue weighted by Gasteiger charge is 2.43. The van der Waals surface area contributed by atoms with E-state index in [0.717, 1.165) is 18.4 Å². The van der Waals surface area contributed by atoms with E-state index < -0.39 is 35.6 Å². The molecule has 2 aromatic heterocycles. The summed E-state index contributed by atoms with van der Waals surface area (Å²) in [4.78, 5) is 32.0. The lowest BCUT2D eigenvalue weighted by molar-refractivity contribution is -0.162. The van der Waals surface area contributed by atoms with Gasteiger partial charge in [0.15, 0.2) is 0 Å². The lowest BCUT2D eigenvalue weighted by Gasteiger charge is -2.39. The lowest BCUT2D eigenvalue weighted by atomic mass is 9.90. The summed E-state index contributed by atoms with van der Waals surface area (Å²) in [7, 11) is 0. The van der Waals surface area contributed by atoms with Crippen molar-refractivity contribution in [1.82, 2.24) is 24.1 Å². The molecule has 2 aliphatic rings. The summed E-state index contributed by atoms with van der Waals surface area (Å²) in [5, 5.41) is 15.8. The second kappa shape index (κ2) is 12.4. The molecule has 0 radical (unpaired) electrons. The van der Waals surface area contributed by atoms with E-state index in [-0.39, 0.29) is 43.7 Å². The molecule has 1 amide bonds. The summed E-state index contributed by atoms with van der Waals surface area (Å²) < 4.78 is 44.2. The zero-order valence-corrected chi connectivity index (χ0v) is 25.3. The fourth-order valence-corrected chi connectivity index (χ4v) is 6.84. The highest BCUT2D eigenvalue weighted by Crippen LogP contribution is 2.38. The van der Waals surface area contributed by atoms with Crippen molar-refractivity contribution in [2.75, 3.05) is 13.1 Å². The summed E-state index contributed by atoms with van der Waals surface area (Å²) in [5.41, 5.74) is 2.82. The van der Waals surface area contributed by atoms with Gasteiger partial charge in [0.1, 0.15) is 6.33 Å². The minimum absolute atomic E-state index is 0.0449. The number of rotatable bonds is 9. The van der Waals surface area contributed by atoms with Gasteiger partial charge in [-0.25, -0.2) is 9.50 Å². The number of halogens is 3. The molecule has 1 fully saturated rings. The highest BCUT2D eigenvalue weighted by molar-refractivity contribution is 5.77. The van der Waals surface area contributed by atoms with Gasteiger partial charge in [-0.2, -0.15) is 18.3 Å². The summed E-state index contributed by atoms with van der Waals surface area (Å²) in [5.74, 6) is -1.84. The minimum atomic E-state index is -4.56. The topological polar surface area (TPSA) is 92.7 Å². The molecule has 1 saturated heterocycles. The first kappa shape index (κ1) is 31.0. The fourth-order valence-electron chi connectivity index (χ4n) is 6.84. The molecule has 3 heterocycles. The maximum atomic E-state index is 13.8. The number of fused-ring (bicyclic) bond motifs is 2. The number of carbonyl (C=O) groups is 1. The Balaban J connectivity index is 1.12. The highest BCUT2D eigenvalue weighted by atomic mass is 19.4. The largest absolute Gasteiger partial charge is 0.396 e. The first-order chi connectivity index (χ1) is 21.5. The molecule has 1 aliphatic carbocycles. The normalized spacial score (nSPS) is 18.7. The van der Waals surface area contributed by atoms with E-state index in [4.69, 9.17) is 0 Å². The van der Waals surface area contributed by atoms with E-state index >= 15 is 0 Å². The van der Waals surface area contributed by atoms with Gasteiger partial charge in [0, 0.05) is 25.1 Å². The third kappa shape index (κ3) is 6.54. The SMILES string of the molecule is CCCCC1Cc2ccc(-c3cnc4c(=O)n(CC5(O)CCN(C(=O)CC(c6ccccc6)C(F)(F)F)CC5)cnn34)cc2C1. The van der Waals surface area contributed by atoms with Crippen LogP contribution in [-0.4, -0.2) is 59.9 Å². The quantitative estimate of drug-likeness (QED) is 0.265. The van der Waals surface area contributed by atoms with Crippen LogP contribution >= 0.6 is 0 Å². The van der Waals surface area contributed by atoms with Crippen LogP contribution in [0.4, 0.5) is 13.2 Å². The first-order valence-corrected chi connectivity index (χ1v) is 15.7. The van der Waals surface area contributed by atoms with Crippen LogP contribution in [-0.2, 0) is 24.2 Å². The van der Waals surface area contributed by atoms with E-state index in [1.165, 1.54) is 75.0 Å². The van der Waals surface area contributed by atoms with Gasteiger partial charge in [-0.05, 0) is 60.8 Å². The van der Waals surface area contributed by atoms with Crippen molar-refractivity contribution in [3.05, 3.63) is 88.1 Å². The van der Waals surface area contributed by atoms with E-state index in [0.29, 0.717) is 11.6 Å². The Labute approximate surface area is 259 Å². The molecule has 2 unspecified atom stereocenters. The lowest BCUT2D eigenvalue weighted by Crippen LogP contribution is -2.50. The molecular formula is C34H38F3N5O3. The number of alkyl halides is 3.